The van der Waals surface area contributed by atoms with Gasteiger partial charge in [0.2, 0.25) is 0 Å². The van der Waals surface area contributed by atoms with Crippen molar-refractivity contribution in [3.8, 4) is 0 Å². The summed E-state index contributed by atoms with van der Waals surface area (Å²) in [6, 6.07) is 0. The Morgan fingerprint density at radius 1 is 0.700 bits per heavy atom. The van der Waals surface area contributed by atoms with Gasteiger partial charge in [-0.25, -0.2) is 0 Å². The highest BCUT2D eigenvalue weighted by molar-refractivity contribution is 5.99. The van der Waals surface area contributed by atoms with Crippen LogP contribution in [0.1, 0.15) is 89.9 Å². The van der Waals surface area contributed by atoms with Gasteiger partial charge >= 0.3 is 0 Å². The van der Waals surface area contributed by atoms with Crippen molar-refractivity contribution in [2.45, 2.75) is 89.9 Å². The van der Waals surface area contributed by atoms with E-state index < -0.39 is 0 Å². The van der Waals surface area contributed by atoms with Crippen molar-refractivity contribution in [3.63, 3.8) is 0 Å². The van der Waals surface area contributed by atoms with Crippen LogP contribution in [0.15, 0.2) is 16.8 Å². The van der Waals surface area contributed by atoms with Crippen LogP contribution in [0.4, 0.5) is 0 Å². The molecule has 1 aliphatic carbocycles. The van der Waals surface area contributed by atoms with Crippen molar-refractivity contribution in [2.24, 2.45) is 5.10 Å². The molecule has 1 heterocycles. The van der Waals surface area contributed by atoms with E-state index in [1.54, 1.807) is 5.57 Å². The van der Waals surface area contributed by atoms with Crippen LogP contribution in [0.5, 0.6) is 0 Å². The van der Waals surface area contributed by atoms with Gasteiger partial charge < -0.3 is 5.43 Å². The quantitative estimate of drug-likeness (QED) is 0.686. The zero-order valence-corrected chi connectivity index (χ0v) is 13.1. The average Bonchev–Trinajstić information content (AvgIpc) is 2.50. The normalized spacial score (nSPS) is 29.2. The fraction of sp³-hybridized carbons (Fsp3) is 0.833. The van der Waals surface area contributed by atoms with Gasteiger partial charge in [0.1, 0.15) is 0 Å². The summed E-state index contributed by atoms with van der Waals surface area (Å²) in [5, 5.41) is 4.73. The molecule has 2 rings (SSSR count). The summed E-state index contributed by atoms with van der Waals surface area (Å²) in [5.41, 5.74) is 6.24. The number of rotatable bonds is 1. The van der Waals surface area contributed by atoms with E-state index in [9.17, 15) is 0 Å². The third-order valence-corrected chi connectivity index (χ3v) is 4.58. The highest BCUT2D eigenvalue weighted by atomic mass is 15.3. The van der Waals surface area contributed by atoms with Crippen LogP contribution in [0, 0.1) is 0 Å². The molecule has 0 saturated carbocycles. The summed E-state index contributed by atoms with van der Waals surface area (Å²) in [6.07, 6.45) is 21.3. The lowest BCUT2D eigenvalue weighted by Gasteiger charge is -2.15. The minimum absolute atomic E-state index is 1.05. The lowest BCUT2D eigenvalue weighted by Crippen LogP contribution is -2.15. The first kappa shape index (κ1) is 15.6. The van der Waals surface area contributed by atoms with E-state index in [2.05, 4.69) is 11.5 Å². The Morgan fingerprint density at radius 3 is 2.20 bits per heavy atom. The molecule has 20 heavy (non-hydrogen) atoms. The molecule has 0 spiro atoms. The fourth-order valence-corrected chi connectivity index (χ4v) is 3.27. The third kappa shape index (κ3) is 6.11. The van der Waals surface area contributed by atoms with Crippen molar-refractivity contribution in [1.29, 1.82) is 0 Å². The molecule has 0 unspecified atom stereocenters. The maximum absolute atomic E-state index is 4.73. The van der Waals surface area contributed by atoms with E-state index in [4.69, 9.17) is 5.10 Å². The predicted molar refractivity (Wildman–Crippen MR) is 88.2 cm³/mol. The van der Waals surface area contributed by atoms with E-state index in [1.165, 1.54) is 95.6 Å². The molecular formula is C18H32N2. The monoisotopic (exact) mass is 276 g/mol. The third-order valence-electron chi connectivity index (χ3n) is 4.58. The maximum Gasteiger partial charge on any atom is 0.0631 e. The van der Waals surface area contributed by atoms with E-state index in [-0.39, 0.29) is 0 Å². The molecule has 0 amide bonds. The summed E-state index contributed by atoms with van der Waals surface area (Å²) >= 11 is 0. The molecular weight excluding hydrogens is 244 g/mol. The average molecular weight is 276 g/mol. The summed E-state index contributed by atoms with van der Waals surface area (Å²) in [7, 11) is 0. The second kappa shape index (κ2) is 10.0. The van der Waals surface area contributed by atoms with E-state index in [0.29, 0.717) is 0 Å². The topological polar surface area (TPSA) is 24.4 Å². The van der Waals surface area contributed by atoms with Gasteiger partial charge in [-0.1, -0.05) is 51.0 Å². The number of allylic oxidation sites excluding steroid dienone is 2. The van der Waals surface area contributed by atoms with E-state index in [1.807, 2.05) is 0 Å². The summed E-state index contributed by atoms with van der Waals surface area (Å²) < 4.78 is 0. The second-order valence-electron chi connectivity index (χ2n) is 6.37. The first-order chi connectivity index (χ1) is 9.97. The van der Waals surface area contributed by atoms with Crippen LogP contribution in [-0.2, 0) is 0 Å². The molecule has 2 heteroatoms. The fourth-order valence-electron chi connectivity index (χ4n) is 3.27. The Hall–Kier alpha value is -0.790. The van der Waals surface area contributed by atoms with Crippen LogP contribution >= 0.6 is 0 Å². The van der Waals surface area contributed by atoms with Crippen LogP contribution in [0.3, 0.4) is 0 Å². The maximum atomic E-state index is 4.73. The zero-order valence-electron chi connectivity index (χ0n) is 13.1. The molecule has 0 saturated heterocycles. The van der Waals surface area contributed by atoms with Gasteiger partial charge in [0, 0.05) is 6.54 Å². The lowest BCUT2D eigenvalue weighted by atomic mass is 9.94. The Bertz CT molecular complexity index is 285. The van der Waals surface area contributed by atoms with Crippen LogP contribution in [0.2, 0.25) is 0 Å². The predicted octanol–water partition coefficient (Wildman–Crippen LogP) is 5.35. The molecule has 0 fully saturated rings. The van der Waals surface area contributed by atoms with Crippen LogP contribution < -0.4 is 5.43 Å². The molecule has 0 aromatic heterocycles. The van der Waals surface area contributed by atoms with Crippen LogP contribution in [-0.4, -0.2) is 12.3 Å². The minimum atomic E-state index is 1.05. The van der Waals surface area contributed by atoms with Gasteiger partial charge in [-0.3, -0.25) is 0 Å². The first-order valence-corrected chi connectivity index (χ1v) is 8.95. The highest BCUT2D eigenvalue weighted by Crippen LogP contribution is 2.20. The van der Waals surface area contributed by atoms with E-state index in [0.717, 1.165) is 6.54 Å². The molecule has 114 valence electrons. The zero-order chi connectivity index (χ0) is 13.9. The smallest absolute Gasteiger partial charge is 0.0631 e. The Morgan fingerprint density at radius 2 is 1.35 bits per heavy atom. The summed E-state index contributed by atoms with van der Waals surface area (Å²) in [6.45, 7) is 1.05. The van der Waals surface area contributed by atoms with Crippen molar-refractivity contribution in [2.75, 3.05) is 6.54 Å². The summed E-state index contributed by atoms with van der Waals surface area (Å²) in [4.78, 5) is 0. The summed E-state index contributed by atoms with van der Waals surface area (Å²) in [5.74, 6) is 0. The Labute approximate surface area is 125 Å². The number of hydrazone groups is 1. The van der Waals surface area contributed by atoms with Gasteiger partial charge in [-0.05, 0) is 50.5 Å². The lowest BCUT2D eigenvalue weighted by molar-refractivity contribution is 0.573. The number of nitrogens with zero attached hydrogens (tertiary/aromatic N) is 1. The molecule has 2 aliphatic rings. The number of hydrogen-bond acceptors (Lipinski definition) is 2. The van der Waals surface area contributed by atoms with Gasteiger partial charge in [0.05, 0.1) is 5.71 Å². The molecule has 1 N–H and O–H groups in total. The Balaban J connectivity index is 1.98. The molecule has 0 aromatic carbocycles. The molecule has 1 aliphatic heterocycles. The van der Waals surface area contributed by atoms with Gasteiger partial charge in [-0.2, -0.15) is 5.10 Å². The van der Waals surface area contributed by atoms with Gasteiger partial charge in [0.25, 0.3) is 0 Å². The highest BCUT2D eigenvalue weighted by Gasteiger charge is 2.09. The van der Waals surface area contributed by atoms with Crippen LogP contribution in [0.25, 0.3) is 0 Å². The Kier molecular flexibility index (Phi) is 7.81. The van der Waals surface area contributed by atoms with E-state index >= 15 is 0 Å². The van der Waals surface area contributed by atoms with Crippen molar-refractivity contribution in [1.82, 2.24) is 5.43 Å². The number of hydrogen-bond donors (Lipinski definition) is 1. The van der Waals surface area contributed by atoms with Gasteiger partial charge in [-0.15, -0.1) is 0 Å². The molecule has 0 radical (unpaired) electrons. The molecule has 0 bridgehead atoms. The van der Waals surface area contributed by atoms with Crippen molar-refractivity contribution < 1.29 is 0 Å². The minimum Gasteiger partial charge on any atom is -0.310 e. The largest absolute Gasteiger partial charge is 0.310 e. The second-order valence-corrected chi connectivity index (χ2v) is 6.37. The standard InChI is InChI=1S/C18H32N2/c1-2-5-9-13-17(14-10-6-3-1)18-15-11-7-4-8-12-16-19-20-18/h13,19H,1-12,14-16H2/b17-13+,20-18+. The SMILES string of the molecule is C1=C(/C2=N/NCCCCCCC2)CCCCCCCC/1. The molecule has 2 nitrogen and oxygen atoms in total. The van der Waals surface area contributed by atoms with Crippen molar-refractivity contribution >= 4 is 5.71 Å². The first-order valence-electron chi connectivity index (χ1n) is 8.95. The van der Waals surface area contributed by atoms with Gasteiger partial charge in [0.15, 0.2) is 0 Å². The number of nitrogens with one attached hydrogen (secondary N) is 1. The van der Waals surface area contributed by atoms with Crippen molar-refractivity contribution in [3.05, 3.63) is 11.6 Å². The molecule has 0 atom stereocenters. The molecule has 0 aromatic rings.